The van der Waals surface area contributed by atoms with Gasteiger partial charge in [0, 0.05) is 18.5 Å². The third-order valence-corrected chi connectivity index (χ3v) is 4.56. The number of nitrogens with one attached hydrogen (secondary N) is 1. The van der Waals surface area contributed by atoms with Crippen LogP contribution in [-0.4, -0.2) is 46.4 Å². The van der Waals surface area contributed by atoms with Crippen molar-refractivity contribution in [2.45, 2.75) is 19.3 Å². The van der Waals surface area contributed by atoms with Gasteiger partial charge in [0.2, 0.25) is 0 Å². The summed E-state index contributed by atoms with van der Waals surface area (Å²) in [5.74, 6) is -0.0769. The highest BCUT2D eigenvalue weighted by Gasteiger charge is 2.27. The van der Waals surface area contributed by atoms with E-state index in [1.165, 1.54) is 11.2 Å². The highest BCUT2D eigenvalue weighted by molar-refractivity contribution is 7.15. The number of tetrazole rings is 1. The second kappa shape index (κ2) is 5.68. The van der Waals surface area contributed by atoms with Gasteiger partial charge < -0.3 is 10.1 Å². The number of aryl methyl sites for hydroxylation is 1. The third kappa shape index (κ3) is 2.32. The Balaban J connectivity index is 1.93. The maximum Gasteiger partial charge on any atom is 0.254 e. The van der Waals surface area contributed by atoms with Crippen molar-refractivity contribution in [2.24, 2.45) is 0 Å². The molecule has 2 aromatic rings. The molecule has 0 atom stereocenters. The van der Waals surface area contributed by atoms with Gasteiger partial charge in [0.15, 0.2) is 0 Å². The zero-order chi connectivity index (χ0) is 13.9. The first-order valence-corrected chi connectivity index (χ1v) is 7.28. The zero-order valence-corrected chi connectivity index (χ0v) is 11.9. The van der Waals surface area contributed by atoms with E-state index in [-0.39, 0.29) is 5.91 Å². The molecule has 0 saturated carbocycles. The molecular formula is C12H15N5O2S. The number of aromatic nitrogens is 4. The van der Waals surface area contributed by atoms with Crippen LogP contribution < -0.4 is 5.32 Å². The van der Waals surface area contributed by atoms with Crippen LogP contribution in [0, 0.1) is 0 Å². The van der Waals surface area contributed by atoms with Crippen molar-refractivity contribution in [3.8, 4) is 5.00 Å². The van der Waals surface area contributed by atoms with Crippen molar-refractivity contribution < 1.29 is 9.53 Å². The van der Waals surface area contributed by atoms with E-state index in [4.69, 9.17) is 4.74 Å². The van der Waals surface area contributed by atoms with Crippen molar-refractivity contribution >= 4 is 17.2 Å². The standard InChI is InChI=1S/C12H15N5O2S/c1-19-6-5-13-11(18)10-8-3-2-4-9(8)20-12(10)17-7-14-15-16-17/h7H,2-6H2,1H3,(H,13,18). The van der Waals surface area contributed by atoms with Crippen LogP contribution in [0.15, 0.2) is 6.33 Å². The summed E-state index contributed by atoms with van der Waals surface area (Å²) in [6, 6.07) is 0. The van der Waals surface area contributed by atoms with Crippen LogP contribution >= 0.6 is 11.3 Å². The number of methoxy groups -OCH3 is 1. The molecule has 2 heterocycles. The lowest BCUT2D eigenvalue weighted by atomic mass is 10.1. The molecule has 3 rings (SSSR count). The Morgan fingerprint density at radius 1 is 1.55 bits per heavy atom. The molecule has 106 valence electrons. The number of nitrogens with zero attached hydrogens (tertiary/aromatic N) is 4. The summed E-state index contributed by atoms with van der Waals surface area (Å²) in [7, 11) is 1.61. The minimum Gasteiger partial charge on any atom is -0.383 e. The number of carbonyl (C=O) groups is 1. The van der Waals surface area contributed by atoms with Gasteiger partial charge in [0.1, 0.15) is 11.3 Å². The molecule has 0 fully saturated rings. The van der Waals surface area contributed by atoms with Gasteiger partial charge in [-0.2, -0.15) is 4.68 Å². The van der Waals surface area contributed by atoms with Gasteiger partial charge in [-0.3, -0.25) is 4.79 Å². The van der Waals surface area contributed by atoms with Crippen molar-refractivity contribution in [1.29, 1.82) is 0 Å². The van der Waals surface area contributed by atoms with Gasteiger partial charge in [-0.05, 0) is 35.3 Å². The van der Waals surface area contributed by atoms with Crippen molar-refractivity contribution in [2.75, 3.05) is 20.3 Å². The molecule has 1 aliphatic carbocycles. The number of ether oxygens (including phenoxy) is 1. The summed E-state index contributed by atoms with van der Waals surface area (Å²) >= 11 is 1.60. The predicted octanol–water partition coefficient (Wildman–Crippen LogP) is 0.589. The summed E-state index contributed by atoms with van der Waals surface area (Å²) in [5.41, 5.74) is 1.86. The largest absolute Gasteiger partial charge is 0.383 e. The molecule has 0 saturated heterocycles. The first kappa shape index (κ1) is 13.2. The lowest BCUT2D eigenvalue weighted by Gasteiger charge is -2.07. The highest BCUT2D eigenvalue weighted by atomic mass is 32.1. The Bertz CT molecular complexity index is 608. The highest BCUT2D eigenvalue weighted by Crippen LogP contribution is 2.37. The third-order valence-electron chi connectivity index (χ3n) is 3.28. The zero-order valence-electron chi connectivity index (χ0n) is 11.1. The Morgan fingerprint density at radius 2 is 2.45 bits per heavy atom. The van der Waals surface area contributed by atoms with E-state index in [0.717, 1.165) is 29.8 Å². The fourth-order valence-corrected chi connectivity index (χ4v) is 3.70. The smallest absolute Gasteiger partial charge is 0.254 e. The number of rotatable bonds is 5. The number of amides is 1. The second-order valence-electron chi connectivity index (χ2n) is 4.54. The summed E-state index contributed by atoms with van der Waals surface area (Å²) < 4.78 is 6.52. The second-order valence-corrected chi connectivity index (χ2v) is 5.62. The summed E-state index contributed by atoms with van der Waals surface area (Å²) in [4.78, 5) is 13.7. The van der Waals surface area contributed by atoms with Crippen LogP contribution in [0.4, 0.5) is 0 Å². The quantitative estimate of drug-likeness (QED) is 0.816. The number of hydrogen-bond acceptors (Lipinski definition) is 6. The van der Waals surface area contributed by atoms with Crippen LogP contribution in [0.25, 0.3) is 5.00 Å². The van der Waals surface area contributed by atoms with E-state index in [9.17, 15) is 4.79 Å². The van der Waals surface area contributed by atoms with E-state index in [1.807, 2.05) is 0 Å². The lowest BCUT2D eigenvalue weighted by molar-refractivity contribution is 0.0936. The molecule has 0 aliphatic heterocycles. The minimum absolute atomic E-state index is 0.0769. The van der Waals surface area contributed by atoms with Crippen LogP contribution in [0.3, 0.4) is 0 Å². The molecule has 8 heteroatoms. The molecule has 0 radical (unpaired) electrons. The fraction of sp³-hybridized carbons (Fsp3) is 0.500. The minimum atomic E-state index is -0.0769. The molecule has 0 bridgehead atoms. The molecule has 0 spiro atoms. The molecule has 0 unspecified atom stereocenters. The number of thiophene rings is 1. The first-order chi connectivity index (χ1) is 9.81. The Morgan fingerprint density at radius 3 is 3.20 bits per heavy atom. The summed E-state index contributed by atoms with van der Waals surface area (Å²) in [5, 5.41) is 14.9. The summed E-state index contributed by atoms with van der Waals surface area (Å²) in [6.07, 6.45) is 4.60. The molecule has 7 nitrogen and oxygen atoms in total. The SMILES string of the molecule is COCCNC(=O)c1c(-n2cnnn2)sc2c1CCC2. The number of carbonyl (C=O) groups excluding carboxylic acids is 1. The first-order valence-electron chi connectivity index (χ1n) is 6.46. The molecule has 1 amide bonds. The molecule has 1 aliphatic rings. The van der Waals surface area contributed by atoms with Gasteiger partial charge in [-0.1, -0.05) is 0 Å². The Hall–Kier alpha value is -1.80. The van der Waals surface area contributed by atoms with Crippen molar-refractivity contribution in [3.63, 3.8) is 0 Å². The normalized spacial score (nSPS) is 13.4. The molecule has 1 N–H and O–H groups in total. The van der Waals surface area contributed by atoms with Gasteiger partial charge in [0.05, 0.1) is 12.2 Å². The topological polar surface area (TPSA) is 81.9 Å². The van der Waals surface area contributed by atoms with Crippen LogP contribution in [0.1, 0.15) is 27.2 Å². The van der Waals surface area contributed by atoms with Gasteiger partial charge in [-0.25, -0.2) is 0 Å². The van der Waals surface area contributed by atoms with Crippen molar-refractivity contribution in [1.82, 2.24) is 25.5 Å². The number of hydrogen-bond donors (Lipinski definition) is 1. The molecule has 2 aromatic heterocycles. The van der Waals surface area contributed by atoms with Gasteiger partial charge in [-0.15, -0.1) is 16.4 Å². The average Bonchev–Trinajstić information content (AvgIpc) is 3.14. The van der Waals surface area contributed by atoms with E-state index >= 15 is 0 Å². The van der Waals surface area contributed by atoms with Gasteiger partial charge in [0.25, 0.3) is 5.91 Å². The Labute approximate surface area is 119 Å². The van der Waals surface area contributed by atoms with E-state index in [2.05, 4.69) is 20.8 Å². The Kier molecular flexibility index (Phi) is 3.75. The maximum absolute atomic E-state index is 12.4. The molecular weight excluding hydrogens is 278 g/mol. The predicted molar refractivity (Wildman–Crippen MR) is 73.3 cm³/mol. The fourth-order valence-electron chi connectivity index (χ4n) is 2.39. The molecule has 20 heavy (non-hydrogen) atoms. The lowest BCUT2D eigenvalue weighted by Crippen LogP contribution is -2.28. The van der Waals surface area contributed by atoms with E-state index < -0.39 is 0 Å². The summed E-state index contributed by atoms with van der Waals surface area (Å²) in [6.45, 7) is 0.993. The van der Waals surface area contributed by atoms with Crippen LogP contribution in [0.2, 0.25) is 0 Å². The van der Waals surface area contributed by atoms with Crippen LogP contribution in [-0.2, 0) is 17.6 Å². The molecule has 0 aromatic carbocycles. The monoisotopic (exact) mass is 293 g/mol. The van der Waals surface area contributed by atoms with E-state index in [0.29, 0.717) is 18.7 Å². The maximum atomic E-state index is 12.4. The van der Waals surface area contributed by atoms with Crippen molar-refractivity contribution in [3.05, 3.63) is 22.3 Å². The van der Waals surface area contributed by atoms with Crippen LogP contribution in [0.5, 0.6) is 0 Å². The number of fused-ring (bicyclic) bond motifs is 1. The van der Waals surface area contributed by atoms with E-state index in [1.54, 1.807) is 23.1 Å². The average molecular weight is 293 g/mol. The van der Waals surface area contributed by atoms with Gasteiger partial charge >= 0.3 is 0 Å².